The second kappa shape index (κ2) is 7.43. The summed E-state index contributed by atoms with van der Waals surface area (Å²) in [7, 11) is -3.73. The third-order valence-corrected chi connectivity index (χ3v) is 6.82. The summed E-state index contributed by atoms with van der Waals surface area (Å²) in [5, 5.41) is 4.36. The van der Waals surface area contributed by atoms with Crippen molar-refractivity contribution < 1.29 is 17.6 Å². The summed E-state index contributed by atoms with van der Waals surface area (Å²) in [6, 6.07) is 7.98. The summed E-state index contributed by atoms with van der Waals surface area (Å²) in [4.78, 5) is 40.4. The van der Waals surface area contributed by atoms with E-state index < -0.39 is 27.0 Å². The number of carbonyl (C=O) groups excluding carboxylic acids is 1. The number of sulfone groups is 1. The van der Waals surface area contributed by atoms with Crippen molar-refractivity contribution >= 4 is 44.4 Å². The van der Waals surface area contributed by atoms with E-state index in [4.69, 9.17) is 4.42 Å². The van der Waals surface area contributed by atoms with Crippen LogP contribution in [0.15, 0.2) is 54.6 Å². The van der Waals surface area contributed by atoms with Crippen LogP contribution in [0.4, 0.5) is 5.88 Å². The van der Waals surface area contributed by atoms with E-state index in [1.54, 1.807) is 23.6 Å². The van der Waals surface area contributed by atoms with E-state index in [0.717, 1.165) is 16.9 Å². The van der Waals surface area contributed by atoms with Gasteiger partial charge in [-0.15, -0.1) is 11.3 Å². The lowest BCUT2D eigenvalue weighted by Gasteiger charge is -2.08. The van der Waals surface area contributed by atoms with Crippen LogP contribution in [0.1, 0.15) is 15.2 Å². The fraction of sp³-hybridized carbons (Fsp3) is 0.105. The number of H-pyrrole nitrogens is 2. The van der Waals surface area contributed by atoms with Gasteiger partial charge in [0.1, 0.15) is 11.3 Å². The zero-order valence-corrected chi connectivity index (χ0v) is 17.1. The topological polar surface area (TPSA) is 142 Å². The summed E-state index contributed by atoms with van der Waals surface area (Å²) < 4.78 is 31.0. The quantitative estimate of drug-likeness (QED) is 0.387. The summed E-state index contributed by atoms with van der Waals surface area (Å²) in [5.74, 6) is -0.569. The van der Waals surface area contributed by atoms with Gasteiger partial charge in [0, 0.05) is 5.56 Å². The van der Waals surface area contributed by atoms with Crippen LogP contribution >= 0.6 is 11.3 Å². The van der Waals surface area contributed by atoms with E-state index in [1.807, 2.05) is 6.92 Å². The van der Waals surface area contributed by atoms with Crippen LogP contribution in [-0.2, 0) is 9.84 Å². The Bertz CT molecular complexity index is 1470. The molecule has 0 atom stereocenters. The van der Waals surface area contributed by atoms with E-state index in [9.17, 15) is 22.8 Å². The van der Waals surface area contributed by atoms with Crippen molar-refractivity contribution in [1.82, 2.24) is 9.97 Å². The molecule has 11 heteroatoms. The molecule has 0 saturated carbocycles. The number of rotatable bonds is 6. The van der Waals surface area contributed by atoms with Crippen LogP contribution < -0.4 is 16.6 Å². The van der Waals surface area contributed by atoms with Crippen molar-refractivity contribution in [1.29, 1.82) is 0 Å². The van der Waals surface area contributed by atoms with Gasteiger partial charge in [0.2, 0.25) is 11.6 Å². The van der Waals surface area contributed by atoms with Gasteiger partial charge < -0.3 is 9.73 Å². The lowest BCUT2D eigenvalue weighted by atomic mass is 10.1. The Balaban J connectivity index is 1.83. The molecule has 0 radical (unpaired) electrons. The zero-order valence-electron chi connectivity index (χ0n) is 15.5. The first-order valence-corrected chi connectivity index (χ1v) is 11.2. The van der Waals surface area contributed by atoms with Crippen molar-refractivity contribution in [2.24, 2.45) is 0 Å². The number of aromatic amines is 2. The number of aldehydes is 1. The number of furan rings is 1. The Hall–Kier alpha value is -3.44. The lowest BCUT2D eigenvalue weighted by Crippen LogP contribution is -2.21. The number of anilines is 1. The number of nitrogens with one attached hydrogen (secondary N) is 3. The van der Waals surface area contributed by atoms with Gasteiger partial charge in [0.15, 0.2) is 16.1 Å². The molecule has 0 saturated heterocycles. The highest BCUT2D eigenvalue weighted by Gasteiger charge is 2.24. The van der Waals surface area contributed by atoms with Gasteiger partial charge >= 0.3 is 5.69 Å². The molecule has 3 N–H and O–H groups in total. The molecular formula is C19H15N3O6S2. The number of benzene rings is 1. The Kier molecular flexibility index (Phi) is 4.92. The highest BCUT2D eigenvalue weighted by atomic mass is 32.2. The molecule has 0 aliphatic rings. The van der Waals surface area contributed by atoms with Gasteiger partial charge in [0.05, 0.1) is 15.3 Å². The SMILES string of the molecule is Cc1ccc(S(=O)(=O)CNc2oc3[nH]c(=O)[nH]c(=O)c3c2-c2ccsc2C=O)cc1. The van der Waals surface area contributed by atoms with Gasteiger partial charge in [-0.1, -0.05) is 17.7 Å². The molecule has 0 amide bonds. The maximum Gasteiger partial charge on any atom is 0.328 e. The first kappa shape index (κ1) is 19.9. The predicted octanol–water partition coefficient (Wildman–Crippen LogP) is 2.50. The van der Waals surface area contributed by atoms with Crippen molar-refractivity contribution in [3.63, 3.8) is 0 Å². The smallest absolute Gasteiger partial charge is 0.328 e. The number of aromatic nitrogens is 2. The van der Waals surface area contributed by atoms with Crippen molar-refractivity contribution in [3.8, 4) is 11.1 Å². The summed E-state index contributed by atoms with van der Waals surface area (Å²) >= 11 is 1.16. The van der Waals surface area contributed by atoms with Crippen molar-refractivity contribution in [2.75, 3.05) is 11.2 Å². The second-order valence-corrected chi connectivity index (χ2v) is 9.42. The van der Waals surface area contributed by atoms with Gasteiger partial charge in [-0.25, -0.2) is 13.2 Å². The number of thiophene rings is 1. The standard InChI is InChI=1S/C19H15N3O6S2/c1-10-2-4-11(5-3-10)30(26,27)9-20-17-14(12-6-7-29-13(12)8-23)15-16(24)21-19(25)22-18(15)28-17/h2-8,20H,9H2,1H3,(H2,21,22,24,25). The molecule has 0 aliphatic heterocycles. The molecule has 0 spiro atoms. The summed E-state index contributed by atoms with van der Waals surface area (Å²) in [6.45, 7) is 1.85. The Morgan fingerprint density at radius 2 is 1.87 bits per heavy atom. The van der Waals surface area contributed by atoms with Gasteiger partial charge in [-0.3, -0.25) is 19.6 Å². The van der Waals surface area contributed by atoms with Gasteiger partial charge in [-0.05, 0) is 30.5 Å². The number of aryl methyl sites for hydroxylation is 1. The minimum absolute atomic E-state index is 0.00586. The predicted molar refractivity (Wildman–Crippen MR) is 113 cm³/mol. The van der Waals surface area contributed by atoms with E-state index in [0.29, 0.717) is 16.7 Å². The normalized spacial score (nSPS) is 11.6. The first-order valence-electron chi connectivity index (χ1n) is 8.65. The third-order valence-electron chi connectivity index (χ3n) is 4.46. The monoisotopic (exact) mass is 445 g/mol. The molecule has 0 bridgehead atoms. The molecule has 4 aromatic rings. The molecular weight excluding hydrogens is 430 g/mol. The van der Waals surface area contributed by atoms with Crippen LogP contribution in [0.5, 0.6) is 0 Å². The minimum Gasteiger partial charge on any atom is -0.423 e. The fourth-order valence-corrected chi connectivity index (χ4v) is 4.77. The Morgan fingerprint density at radius 1 is 1.13 bits per heavy atom. The maximum atomic E-state index is 12.7. The molecule has 3 heterocycles. The third kappa shape index (κ3) is 3.48. The number of hydrogen-bond acceptors (Lipinski definition) is 8. The van der Waals surface area contributed by atoms with Crippen molar-refractivity contribution in [3.05, 3.63) is 67.0 Å². The van der Waals surface area contributed by atoms with E-state index in [-0.39, 0.29) is 27.4 Å². The second-order valence-electron chi connectivity index (χ2n) is 6.48. The van der Waals surface area contributed by atoms with Crippen LogP contribution in [0.2, 0.25) is 0 Å². The van der Waals surface area contributed by atoms with Gasteiger partial charge in [-0.2, -0.15) is 0 Å². The molecule has 0 fully saturated rings. The molecule has 30 heavy (non-hydrogen) atoms. The largest absolute Gasteiger partial charge is 0.423 e. The van der Waals surface area contributed by atoms with Crippen LogP contribution in [0.25, 0.3) is 22.2 Å². The Labute approximate surface area is 173 Å². The van der Waals surface area contributed by atoms with E-state index in [1.165, 1.54) is 12.1 Å². The zero-order chi connectivity index (χ0) is 21.5. The molecule has 9 nitrogen and oxygen atoms in total. The number of carbonyl (C=O) groups is 1. The molecule has 3 aromatic heterocycles. The van der Waals surface area contributed by atoms with Crippen LogP contribution in [-0.4, -0.2) is 30.5 Å². The summed E-state index contributed by atoms with van der Waals surface area (Å²) in [6.07, 6.45) is 0.630. The highest BCUT2D eigenvalue weighted by molar-refractivity contribution is 7.91. The first-order chi connectivity index (χ1) is 14.3. The number of hydrogen-bond donors (Lipinski definition) is 3. The highest BCUT2D eigenvalue weighted by Crippen LogP contribution is 2.39. The van der Waals surface area contributed by atoms with Crippen molar-refractivity contribution in [2.45, 2.75) is 11.8 Å². The van der Waals surface area contributed by atoms with Crippen LogP contribution in [0.3, 0.4) is 0 Å². The van der Waals surface area contributed by atoms with E-state index in [2.05, 4.69) is 15.3 Å². The van der Waals surface area contributed by atoms with Crippen LogP contribution in [0, 0.1) is 6.92 Å². The number of fused-ring (bicyclic) bond motifs is 1. The molecule has 1 aromatic carbocycles. The molecule has 154 valence electrons. The van der Waals surface area contributed by atoms with Gasteiger partial charge in [0.25, 0.3) is 5.56 Å². The summed E-state index contributed by atoms with van der Waals surface area (Å²) in [5.41, 5.74) is -0.107. The molecule has 0 unspecified atom stereocenters. The lowest BCUT2D eigenvalue weighted by molar-refractivity contribution is 0.112. The minimum atomic E-state index is -3.73. The average Bonchev–Trinajstić information content (AvgIpc) is 3.30. The molecule has 0 aliphatic carbocycles. The molecule has 4 rings (SSSR count). The fourth-order valence-electron chi connectivity index (χ4n) is 3.03. The van der Waals surface area contributed by atoms with E-state index >= 15 is 0 Å². The Morgan fingerprint density at radius 3 is 2.57 bits per heavy atom. The average molecular weight is 445 g/mol. The maximum absolute atomic E-state index is 12.7.